The van der Waals surface area contributed by atoms with Crippen LogP contribution in [0.4, 0.5) is 0 Å². The highest BCUT2D eigenvalue weighted by atomic mass is 35.5. The summed E-state index contributed by atoms with van der Waals surface area (Å²) in [6.07, 6.45) is 11.7. The fraction of sp³-hybridized carbons (Fsp3) is 0.600. The summed E-state index contributed by atoms with van der Waals surface area (Å²) in [6, 6.07) is 2.20. The van der Waals surface area contributed by atoms with Crippen LogP contribution in [0.1, 0.15) is 57.1 Å². The monoisotopic (exact) mass is 267 g/mol. The summed E-state index contributed by atoms with van der Waals surface area (Å²) in [5.41, 5.74) is 2.55. The van der Waals surface area contributed by atoms with Gasteiger partial charge in [-0.1, -0.05) is 31.4 Å². The maximum atomic E-state index is 6.13. The number of furan rings is 1. The molecule has 0 saturated heterocycles. The lowest BCUT2D eigenvalue weighted by atomic mass is 9.92. The molecule has 100 valence electrons. The summed E-state index contributed by atoms with van der Waals surface area (Å²) in [7, 11) is 0. The summed E-state index contributed by atoms with van der Waals surface area (Å²) in [5, 5.41) is 4.05. The van der Waals surface area contributed by atoms with Crippen LogP contribution in [0.2, 0.25) is 5.22 Å². The third-order valence-electron chi connectivity index (χ3n) is 3.56. The normalized spacial score (nSPS) is 21.8. The molecule has 1 aromatic rings. The van der Waals surface area contributed by atoms with Crippen LogP contribution in [0.5, 0.6) is 0 Å². The van der Waals surface area contributed by atoms with Gasteiger partial charge in [-0.3, -0.25) is 0 Å². The van der Waals surface area contributed by atoms with Gasteiger partial charge in [0, 0.05) is 5.56 Å². The Hall–Kier alpha value is -0.730. The highest BCUT2D eigenvalue weighted by Crippen LogP contribution is 2.33. The van der Waals surface area contributed by atoms with Crippen molar-refractivity contribution in [2.24, 2.45) is 0 Å². The second-order valence-corrected chi connectivity index (χ2v) is 5.22. The van der Waals surface area contributed by atoms with Gasteiger partial charge in [0.25, 0.3) is 0 Å². The quantitative estimate of drug-likeness (QED) is 0.788. The zero-order chi connectivity index (χ0) is 12.8. The van der Waals surface area contributed by atoms with Crippen LogP contribution in [0.15, 0.2) is 28.4 Å². The standard InChI is InChI=1S/C15H22ClNO/c1-2-17-14(13-10-11-18-15(13)16)12-8-6-4-3-5-7-9-12/h8,10-11,14,17H,2-7,9H2,1H3/b12-8+. The summed E-state index contributed by atoms with van der Waals surface area (Å²) in [5.74, 6) is 0. The van der Waals surface area contributed by atoms with Crippen molar-refractivity contribution < 1.29 is 4.42 Å². The van der Waals surface area contributed by atoms with Crippen molar-refractivity contribution in [3.8, 4) is 0 Å². The topological polar surface area (TPSA) is 25.2 Å². The number of hydrogen-bond acceptors (Lipinski definition) is 2. The minimum absolute atomic E-state index is 0.222. The molecule has 0 saturated carbocycles. The molecule has 1 aliphatic rings. The lowest BCUT2D eigenvalue weighted by Gasteiger charge is -2.22. The molecule has 1 heterocycles. The third-order valence-corrected chi connectivity index (χ3v) is 3.87. The van der Waals surface area contributed by atoms with Crippen molar-refractivity contribution in [2.75, 3.05) is 6.54 Å². The first kappa shape index (κ1) is 13.7. The Morgan fingerprint density at radius 1 is 1.33 bits per heavy atom. The number of hydrogen-bond donors (Lipinski definition) is 1. The minimum Gasteiger partial charge on any atom is -0.453 e. The summed E-state index contributed by atoms with van der Waals surface area (Å²) in [6.45, 7) is 3.06. The highest BCUT2D eigenvalue weighted by Gasteiger charge is 2.20. The second kappa shape index (κ2) is 7.01. The fourth-order valence-electron chi connectivity index (χ4n) is 2.63. The average molecular weight is 268 g/mol. The Bertz CT molecular complexity index is 397. The third kappa shape index (κ3) is 3.39. The maximum Gasteiger partial charge on any atom is 0.198 e. The van der Waals surface area contributed by atoms with Crippen LogP contribution in [0, 0.1) is 0 Å². The van der Waals surface area contributed by atoms with E-state index in [0.29, 0.717) is 5.22 Å². The van der Waals surface area contributed by atoms with Gasteiger partial charge in [-0.15, -0.1) is 0 Å². The molecule has 0 spiro atoms. The van der Waals surface area contributed by atoms with Gasteiger partial charge in [0.1, 0.15) is 0 Å². The zero-order valence-electron chi connectivity index (χ0n) is 11.0. The molecule has 0 fully saturated rings. The number of halogens is 1. The molecule has 0 amide bonds. The highest BCUT2D eigenvalue weighted by molar-refractivity contribution is 6.29. The zero-order valence-corrected chi connectivity index (χ0v) is 11.8. The van der Waals surface area contributed by atoms with Crippen LogP contribution in [0.25, 0.3) is 0 Å². The van der Waals surface area contributed by atoms with Crippen molar-refractivity contribution in [1.82, 2.24) is 5.32 Å². The Kier molecular flexibility index (Phi) is 5.33. The molecule has 0 radical (unpaired) electrons. The van der Waals surface area contributed by atoms with E-state index in [1.165, 1.54) is 44.1 Å². The van der Waals surface area contributed by atoms with Crippen LogP contribution >= 0.6 is 11.6 Å². The smallest absolute Gasteiger partial charge is 0.198 e. The van der Waals surface area contributed by atoms with Crippen molar-refractivity contribution in [2.45, 2.75) is 51.5 Å². The molecule has 1 N–H and O–H groups in total. The van der Waals surface area contributed by atoms with E-state index >= 15 is 0 Å². The predicted octanol–water partition coefficient (Wildman–Crippen LogP) is 4.86. The van der Waals surface area contributed by atoms with E-state index in [1.807, 2.05) is 6.07 Å². The van der Waals surface area contributed by atoms with Gasteiger partial charge < -0.3 is 9.73 Å². The van der Waals surface area contributed by atoms with E-state index in [0.717, 1.165) is 12.1 Å². The largest absolute Gasteiger partial charge is 0.453 e. The van der Waals surface area contributed by atoms with E-state index in [1.54, 1.807) is 6.26 Å². The Morgan fingerprint density at radius 2 is 2.17 bits per heavy atom. The molecule has 1 unspecified atom stereocenters. The van der Waals surface area contributed by atoms with Crippen molar-refractivity contribution in [3.63, 3.8) is 0 Å². The summed E-state index contributed by atoms with van der Waals surface area (Å²) >= 11 is 6.13. The van der Waals surface area contributed by atoms with Crippen LogP contribution in [-0.4, -0.2) is 6.54 Å². The van der Waals surface area contributed by atoms with Gasteiger partial charge in [0.2, 0.25) is 0 Å². The molecule has 1 aromatic heterocycles. The molecule has 18 heavy (non-hydrogen) atoms. The first-order valence-corrected chi connectivity index (χ1v) is 7.36. The van der Waals surface area contributed by atoms with E-state index in [2.05, 4.69) is 18.3 Å². The SMILES string of the molecule is CCNC(/C1=C/CCCCCC1)c1ccoc1Cl. The molecule has 2 nitrogen and oxygen atoms in total. The second-order valence-electron chi connectivity index (χ2n) is 4.87. The molecule has 0 aliphatic heterocycles. The van der Waals surface area contributed by atoms with Crippen molar-refractivity contribution in [3.05, 3.63) is 34.8 Å². The Balaban J connectivity index is 2.20. The molecule has 0 bridgehead atoms. The minimum atomic E-state index is 0.222. The lowest BCUT2D eigenvalue weighted by molar-refractivity contribution is 0.535. The van der Waals surface area contributed by atoms with Gasteiger partial charge in [-0.05, 0) is 49.9 Å². The van der Waals surface area contributed by atoms with E-state index in [9.17, 15) is 0 Å². The van der Waals surface area contributed by atoms with E-state index in [-0.39, 0.29) is 6.04 Å². The molecule has 2 rings (SSSR count). The molecule has 1 atom stereocenters. The van der Waals surface area contributed by atoms with E-state index in [4.69, 9.17) is 16.0 Å². The summed E-state index contributed by atoms with van der Waals surface area (Å²) < 4.78 is 5.24. The molecular weight excluding hydrogens is 246 g/mol. The van der Waals surface area contributed by atoms with Gasteiger partial charge >= 0.3 is 0 Å². The first-order valence-electron chi connectivity index (χ1n) is 6.98. The number of likely N-dealkylation sites (N-methyl/N-ethyl adjacent to an activating group) is 1. The first-order chi connectivity index (χ1) is 8.83. The number of nitrogens with one attached hydrogen (secondary N) is 1. The molecule has 0 aromatic carbocycles. The van der Waals surface area contributed by atoms with Gasteiger partial charge in [0.15, 0.2) is 5.22 Å². The van der Waals surface area contributed by atoms with Crippen molar-refractivity contribution in [1.29, 1.82) is 0 Å². The van der Waals surface area contributed by atoms with Crippen LogP contribution in [-0.2, 0) is 0 Å². The summed E-state index contributed by atoms with van der Waals surface area (Å²) in [4.78, 5) is 0. The number of rotatable bonds is 4. The van der Waals surface area contributed by atoms with Gasteiger partial charge in [-0.25, -0.2) is 0 Å². The van der Waals surface area contributed by atoms with Crippen LogP contribution < -0.4 is 5.32 Å². The molecule has 3 heteroatoms. The maximum absolute atomic E-state index is 6.13. The van der Waals surface area contributed by atoms with E-state index < -0.39 is 0 Å². The lowest BCUT2D eigenvalue weighted by Crippen LogP contribution is -2.23. The number of allylic oxidation sites excluding steroid dienone is 1. The predicted molar refractivity (Wildman–Crippen MR) is 75.9 cm³/mol. The Labute approximate surface area is 114 Å². The Morgan fingerprint density at radius 3 is 2.89 bits per heavy atom. The van der Waals surface area contributed by atoms with Crippen LogP contribution in [0.3, 0.4) is 0 Å². The fourth-order valence-corrected chi connectivity index (χ4v) is 2.86. The molecular formula is C15H22ClNO. The molecule has 1 aliphatic carbocycles. The average Bonchev–Trinajstić information content (AvgIpc) is 2.73. The van der Waals surface area contributed by atoms with Crippen molar-refractivity contribution >= 4 is 11.6 Å². The van der Waals surface area contributed by atoms with Gasteiger partial charge in [-0.2, -0.15) is 0 Å². The van der Waals surface area contributed by atoms with Gasteiger partial charge in [0.05, 0.1) is 12.3 Å².